The number of rotatable bonds is 4. The van der Waals surface area contributed by atoms with Gasteiger partial charge in [0, 0.05) is 18.2 Å². The first-order valence-corrected chi connectivity index (χ1v) is 4.71. The summed E-state index contributed by atoms with van der Waals surface area (Å²) in [6, 6.07) is 1.24. The molecule has 3 N–H and O–H groups in total. The average Bonchev–Trinajstić information content (AvgIpc) is 2.14. The fourth-order valence-corrected chi connectivity index (χ4v) is 1.12. The highest BCUT2D eigenvalue weighted by molar-refractivity contribution is 5.75. The Morgan fingerprint density at radius 1 is 1.40 bits per heavy atom. The molecule has 1 amide bonds. The Labute approximate surface area is 85.7 Å². The summed E-state index contributed by atoms with van der Waals surface area (Å²) in [5.74, 6) is -0.0985. The van der Waals surface area contributed by atoms with Crippen molar-refractivity contribution in [1.29, 1.82) is 0 Å². The molecular formula is C9H13N3O3. The fourth-order valence-electron chi connectivity index (χ4n) is 1.12. The summed E-state index contributed by atoms with van der Waals surface area (Å²) < 4.78 is 0. The van der Waals surface area contributed by atoms with Crippen LogP contribution in [0.25, 0.3) is 0 Å². The van der Waals surface area contributed by atoms with Crippen LogP contribution in [0.15, 0.2) is 15.7 Å². The number of aromatic amines is 2. The molecular weight excluding hydrogens is 198 g/mol. The molecule has 0 atom stereocenters. The minimum Gasteiger partial charge on any atom is -0.351 e. The summed E-state index contributed by atoms with van der Waals surface area (Å²) in [6.45, 7) is 2.06. The Hall–Kier alpha value is -1.85. The molecule has 0 fully saturated rings. The van der Waals surface area contributed by atoms with Crippen LogP contribution in [0.2, 0.25) is 0 Å². The molecule has 0 spiro atoms. The molecule has 0 aromatic carbocycles. The predicted molar refractivity (Wildman–Crippen MR) is 54.4 cm³/mol. The van der Waals surface area contributed by atoms with Gasteiger partial charge >= 0.3 is 5.69 Å². The van der Waals surface area contributed by atoms with Crippen LogP contribution in [0.4, 0.5) is 0 Å². The lowest BCUT2D eigenvalue weighted by Gasteiger charge is -2.03. The second-order valence-electron chi connectivity index (χ2n) is 3.14. The van der Waals surface area contributed by atoms with Gasteiger partial charge in [-0.15, -0.1) is 0 Å². The molecule has 0 aliphatic heterocycles. The van der Waals surface area contributed by atoms with E-state index in [9.17, 15) is 14.4 Å². The Morgan fingerprint density at radius 2 is 2.13 bits per heavy atom. The molecule has 1 aromatic rings. The lowest BCUT2D eigenvalue weighted by atomic mass is 10.3. The summed E-state index contributed by atoms with van der Waals surface area (Å²) in [7, 11) is 0. The molecule has 0 bridgehead atoms. The maximum absolute atomic E-state index is 11.1. The van der Waals surface area contributed by atoms with Gasteiger partial charge < -0.3 is 10.3 Å². The van der Waals surface area contributed by atoms with Crippen molar-refractivity contribution in [2.75, 3.05) is 0 Å². The van der Waals surface area contributed by atoms with Gasteiger partial charge in [-0.25, -0.2) is 4.79 Å². The summed E-state index contributed by atoms with van der Waals surface area (Å²) in [5.41, 5.74) is -0.645. The Bertz CT molecular complexity index is 418. The van der Waals surface area contributed by atoms with E-state index in [2.05, 4.69) is 10.3 Å². The van der Waals surface area contributed by atoms with Crippen molar-refractivity contribution in [1.82, 2.24) is 15.3 Å². The molecule has 1 aromatic heterocycles. The molecule has 1 heterocycles. The van der Waals surface area contributed by atoms with Gasteiger partial charge in [-0.05, 0) is 6.42 Å². The van der Waals surface area contributed by atoms with Gasteiger partial charge in [-0.3, -0.25) is 14.6 Å². The van der Waals surface area contributed by atoms with Gasteiger partial charge in [-0.1, -0.05) is 6.92 Å². The first-order valence-electron chi connectivity index (χ1n) is 4.71. The fraction of sp³-hybridized carbons (Fsp3) is 0.444. The van der Waals surface area contributed by atoms with Crippen LogP contribution in [-0.2, 0) is 11.3 Å². The van der Waals surface area contributed by atoms with E-state index >= 15 is 0 Å². The van der Waals surface area contributed by atoms with E-state index in [0.29, 0.717) is 12.1 Å². The average molecular weight is 211 g/mol. The van der Waals surface area contributed by atoms with Gasteiger partial charge in [0.25, 0.3) is 5.56 Å². The first kappa shape index (κ1) is 11.2. The summed E-state index contributed by atoms with van der Waals surface area (Å²) >= 11 is 0. The molecule has 0 aliphatic carbocycles. The minimum absolute atomic E-state index is 0.0985. The molecule has 15 heavy (non-hydrogen) atoms. The molecule has 0 saturated heterocycles. The normalized spacial score (nSPS) is 9.93. The van der Waals surface area contributed by atoms with Crippen LogP contribution >= 0.6 is 0 Å². The van der Waals surface area contributed by atoms with Crippen LogP contribution < -0.4 is 16.6 Å². The third-order valence-electron chi connectivity index (χ3n) is 1.77. The van der Waals surface area contributed by atoms with Crippen molar-refractivity contribution in [3.63, 3.8) is 0 Å². The molecule has 0 saturated carbocycles. The third-order valence-corrected chi connectivity index (χ3v) is 1.77. The van der Waals surface area contributed by atoms with E-state index in [0.717, 1.165) is 6.42 Å². The number of carbonyl (C=O) groups is 1. The SMILES string of the molecule is CCCC(=O)NCc1cc(=O)[nH]c(=O)[nH]1. The predicted octanol–water partition coefficient (Wildman–Crippen LogP) is -0.520. The van der Waals surface area contributed by atoms with Crippen molar-refractivity contribution in [2.24, 2.45) is 0 Å². The van der Waals surface area contributed by atoms with E-state index in [-0.39, 0.29) is 12.5 Å². The maximum Gasteiger partial charge on any atom is 0.325 e. The highest BCUT2D eigenvalue weighted by Gasteiger charge is 2.00. The zero-order valence-corrected chi connectivity index (χ0v) is 8.42. The van der Waals surface area contributed by atoms with Gasteiger partial charge in [0.1, 0.15) is 0 Å². The van der Waals surface area contributed by atoms with Crippen molar-refractivity contribution >= 4 is 5.91 Å². The number of amides is 1. The summed E-state index contributed by atoms with van der Waals surface area (Å²) in [5, 5.41) is 2.59. The first-order chi connectivity index (χ1) is 7.11. The van der Waals surface area contributed by atoms with Crippen LogP contribution in [0.1, 0.15) is 25.5 Å². The zero-order valence-electron chi connectivity index (χ0n) is 8.42. The minimum atomic E-state index is -0.567. The Balaban J connectivity index is 2.62. The van der Waals surface area contributed by atoms with E-state index in [1.54, 1.807) is 0 Å². The topological polar surface area (TPSA) is 94.8 Å². The second-order valence-corrected chi connectivity index (χ2v) is 3.14. The van der Waals surface area contributed by atoms with Gasteiger partial charge in [0.15, 0.2) is 0 Å². The second kappa shape index (κ2) is 5.14. The van der Waals surface area contributed by atoms with Crippen molar-refractivity contribution in [3.8, 4) is 0 Å². The molecule has 1 rings (SSSR count). The maximum atomic E-state index is 11.1. The quantitative estimate of drug-likeness (QED) is 0.625. The van der Waals surface area contributed by atoms with Gasteiger partial charge in [-0.2, -0.15) is 0 Å². The number of nitrogens with one attached hydrogen (secondary N) is 3. The molecule has 6 nitrogen and oxygen atoms in total. The van der Waals surface area contributed by atoms with Gasteiger partial charge in [0.05, 0.1) is 6.54 Å². The molecule has 82 valence electrons. The Kier molecular flexibility index (Phi) is 3.84. The lowest BCUT2D eigenvalue weighted by Crippen LogP contribution is -2.28. The number of carbonyl (C=O) groups excluding carboxylic acids is 1. The van der Waals surface area contributed by atoms with Crippen LogP contribution in [-0.4, -0.2) is 15.9 Å². The highest BCUT2D eigenvalue weighted by atomic mass is 16.2. The molecule has 6 heteroatoms. The van der Waals surface area contributed by atoms with Crippen molar-refractivity contribution < 1.29 is 4.79 Å². The highest BCUT2D eigenvalue weighted by Crippen LogP contribution is 1.88. The van der Waals surface area contributed by atoms with Crippen molar-refractivity contribution in [3.05, 3.63) is 32.6 Å². The largest absolute Gasteiger partial charge is 0.351 e. The smallest absolute Gasteiger partial charge is 0.325 e. The molecule has 0 radical (unpaired) electrons. The summed E-state index contributed by atoms with van der Waals surface area (Å²) in [4.78, 5) is 37.3. The van der Waals surface area contributed by atoms with Gasteiger partial charge in [0.2, 0.25) is 5.91 Å². The zero-order chi connectivity index (χ0) is 11.3. The van der Waals surface area contributed by atoms with E-state index in [4.69, 9.17) is 0 Å². The molecule has 0 unspecified atom stereocenters. The standard InChI is InChI=1S/C9H13N3O3/c1-2-3-7(13)10-5-6-4-8(14)12-9(15)11-6/h4H,2-3,5H2,1H3,(H,10,13)(H2,11,12,14,15). The summed E-state index contributed by atoms with van der Waals surface area (Å²) in [6.07, 6.45) is 1.20. The van der Waals surface area contributed by atoms with E-state index in [1.165, 1.54) is 6.07 Å². The van der Waals surface area contributed by atoms with Crippen molar-refractivity contribution in [2.45, 2.75) is 26.3 Å². The number of H-pyrrole nitrogens is 2. The van der Waals surface area contributed by atoms with Crippen LogP contribution in [0.5, 0.6) is 0 Å². The van der Waals surface area contributed by atoms with Crippen LogP contribution in [0.3, 0.4) is 0 Å². The van der Waals surface area contributed by atoms with Crippen LogP contribution in [0, 0.1) is 0 Å². The van der Waals surface area contributed by atoms with E-state index < -0.39 is 11.2 Å². The number of hydrogen-bond acceptors (Lipinski definition) is 3. The lowest BCUT2D eigenvalue weighted by molar-refractivity contribution is -0.121. The molecule has 0 aliphatic rings. The van der Waals surface area contributed by atoms with E-state index in [1.807, 2.05) is 11.9 Å². The monoisotopic (exact) mass is 211 g/mol. The third kappa shape index (κ3) is 3.80. The number of hydrogen-bond donors (Lipinski definition) is 3. The number of aromatic nitrogens is 2. The Morgan fingerprint density at radius 3 is 2.73 bits per heavy atom.